The highest BCUT2D eigenvalue weighted by Crippen LogP contribution is 2.18. The quantitative estimate of drug-likeness (QED) is 0.577. The topological polar surface area (TPSA) is 109 Å². The van der Waals surface area contributed by atoms with Crippen LogP contribution in [0.25, 0.3) is 0 Å². The molecule has 1 unspecified atom stereocenters. The molecule has 0 heterocycles. The monoisotopic (exact) mass is 240 g/mol. The van der Waals surface area contributed by atoms with Gasteiger partial charge in [-0.15, -0.1) is 0 Å². The van der Waals surface area contributed by atoms with Crippen molar-refractivity contribution in [1.82, 2.24) is 5.32 Å². The summed E-state index contributed by atoms with van der Waals surface area (Å²) in [5, 5.41) is 11.2. The lowest BCUT2D eigenvalue weighted by molar-refractivity contribution is -0.144. The van der Waals surface area contributed by atoms with Crippen LogP contribution in [0, 0.1) is 5.92 Å². The highest BCUT2D eigenvalue weighted by atomic mass is 16.4. The van der Waals surface area contributed by atoms with E-state index in [2.05, 4.69) is 5.32 Å². The predicted octanol–water partition coefficient (Wildman–Crippen LogP) is -0.213. The molecule has 1 aliphatic carbocycles. The number of carbonyl (C=O) groups is 3. The van der Waals surface area contributed by atoms with Crippen molar-refractivity contribution in [3.8, 4) is 0 Å². The third-order valence-corrected chi connectivity index (χ3v) is 2.66. The molecule has 6 heteroatoms. The molecule has 0 fully saturated rings. The molecule has 94 valence electrons. The molecular weight excluding hydrogens is 224 g/mol. The fourth-order valence-corrected chi connectivity index (χ4v) is 1.72. The van der Waals surface area contributed by atoms with Crippen molar-refractivity contribution in [2.45, 2.75) is 31.7 Å². The summed E-state index contributed by atoms with van der Waals surface area (Å²) in [6.45, 7) is 0. The lowest BCUT2D eigenvalue weighted by Crippen LogP contribution is -2.45. The van der Waals surface area contributed by atoms with Crippen molar-refractivity contribution in [3.05, 3.63) is 12.2 Å². The molecule has 0 aromatic heterocycles. The predicted molar refractivity (Wildman–Crippen MR) is 59.9 cm³/mol. The Morgan fingerprint density at radius 3 is 2.59 bits per heavy atom. The minimum absolute atomic E-state index is 0.213. The SMILES string of the molecule is NC(=O)C[C@H](NC(=O)C1CC=CCC1)C(=O)O. The molecule has 2 amide bonds. The second kappa shape index (κ2) is 6.03. The second-order valence-corrected chi connectivity index (χ2v) is 4.05. The minimum Gasteiger partial charge on any atom is -0.480 e. The summed E-state index contributed by atoms with van der Waals surface area (Å²) in [7, 11) is 0. The molecule has 0 saturated carbocycles. The third kappa shape index (κ3) is 4.26. The van der Waals surface area contributed by atoms with Gasteiger partial charge in [0.15, 0.2) is 0 Å². The van der Waals surface area contributed by atoms with Crippen molar-refractivity contribution < 1.29 is 19.5 Å². The Kier molecular flexibility index (Phi) is 4.68. The fraction of sp³-hybridized carbons (Fsp3) is 0.545. The molecule has 0 bridgehead atoms. The van der Waals surface area contributed by atoms with Crippen LogP contribution in [0.5, 0.6) is 0 Å². The number of nitrogens with two attached hydrogens (primary N) is 1. The molecule has 17 heavy (non-hydrogen) atoms. The van der Waals surface area contributed by atoms with Crippen LogP contribution in [-0.4, -0.2) is 28.9 Å². The Hall–Kier alpha value is -1.85. The summed E-state index contributed by atoms with van der Waals surface area (Å²) in [5.41, 5.74) is 4.92. The number of hydrogen-bond acceptors (Lipinski definition) is 3. The van der Waals surface area contributed by atoms with E-state index in [4.69, 9.17) is 10.8 Å². The Labute approximate surface area is 98.9 Å². The van der Waals surface area contributed by atoms with Crippen LogP contribution in [0.4, 0.5) is 0 Å². The lowest BCUT2D eigenvalue weighted by Gasteiger charge is -2.20. The van der Waals surface area contributed by atoms with E-state index >= 15 is 0 Å². The molecule has 0 aromatic rings. The summed E-state index contributed by atoms with van der Waals surface area (Å²) < 4.78 is 0. The van der Waals surface area contributed by atoms with Crippen molar-refractivity contribution in [3.63, 3.8) is 0 Å². The average molecular weight is 240 g/mol. The fourth-order valence-electron chi connectivity index (χ4n) is 1.72. The van der Waals surface area contributed by atoms with Crippen molar-refractivity contribution in [1.29, 1.82) is 0 Å². The number of hydrogen-bond donors (Lipinski definition) is 3. The average Bonchev–Trinajstić information content (AvgIpc) is 2.28. The smallest absolute Gasteiger partial charge is 0.326 e. The van der Waals surface area contributed by atoms with Gasteiger partial charge in [-0.1, -0.05) is 12.2 Å². The molecule has 1 aliphatic rings. The van der Waals surface area contributed by atoms with Crippen molar-refractivity contribution in [2.24, 2.45) is 11.7 Å². The molecule has 0 spiro atoms. The Morgan fingerprint density at radius 2 is 2.12 bits per heavy atom. The van der Waals surface area contributed by atoms with Gasteiger partial charge in [-0.2, -0.15) is 0 Å². The summed E-state index contributed by atoms with van der Waals surface area (Å²) in [6.07, 6.45) is 5.62. The molecule has 4 N–H and O–H groups in total. The Morgan fingerprint density at radius 1 is 1.41 bits per heavy atom. The van der Waals surface area contributed by atoms with Gasteiger partial charge < -0.3 is 16.2 Å². The van der Waals surface area contributed by atoms with Gasteiger partial charge in [0, 0.05) is 5.92 Å². The number of rotatable bonds is 5. The van der Waals surface area contributed by atoms with Crippen LogP contribution in [-0.2, 0) is 14.4 Å². The minimum atomic E-state index is -1.25. The number of carboxylic acid groups (broad SMARTS) is 1. The number of nitrogens with one attached hydrogen (secondary N) is 1. The largest absolute Gasteiger partial charge is 0.480 e. The van der Waals surface area contributed by atoms with Crippen LogP contribution >= 0.6 is 0 Å². The first-order valence-corrected chi connectivity index (χ1v) is 5.47. The Bertz CT molecular complexity index is 351. The van der Waals surface area contributed by atoms with E-state index in [-0.39, 0.29) is 18.2 Å². The van der Waals surface area contributed by atoms with E-state index in [0.717, 1.165) is 6.42 Å². The normalized spacial score (nSPS) is 20.6. The maximum atomic E-state index is 11.7. The van der Waals surface area contributed by atoms with Crippen LogP contribution in [0.1, 0.15) is 25.7 Å². The van der Waals surface area contributed by atoms with Crippen LogP contribution in [0.15, 0.2) is 12.2 Å². The number of allylic oxidation sites excluding steroid dienone is 2. The summed E-state index contributed by atoms with van der Waals surface area (Å²) in [5.74, 6) is -2.54. The lowest BCUT2D eigenvalue weighted by atomic mass is 9.93. The van der Waals surface area contributed by atoms with Crippen LogP contribution < -0.4 is 11.1 Å². The highest BCUT2D eigenvalue weighted by Gasteiger charge is 2.26. The van der Waals surface area contributed by atoms with Gasteiger partial charge in [-0.25, -0.2) is 4.79 Å². The van der Waals surface area contributed by atoms with Crippen molar-refractivity contribution >= 4 is 17.8 Å². The third-order valence-electron chi connectivity index (χ3n) is 2.66. The van der Waals surface area contributed by atoms with E-state index < -0.39 is 17.9 Å². The zero-order valence-corrected chi connectivity index (χ0v) is 9.39. The number of primary amides is 1. The first-order valence-electron chi connectivity index (χ1n) is 5.47. The molecule has 0 aliphatic heterocycles. The number of amides is 2. The van der Waals surface area contributed by atoms with Gasteiger partial charge in [0.25, 0.3) is 0 Å². The molecule has 1 rings (SSSR count). The summed E-state index contributed by atoms with van der Waals surface area (Å²) in [6, 6.07) is -1.23. The highest BCUT2D eigenvalue weighted by molar-refractivity contribution is 5.89. The van der Waals surface area contributed by atoms with Crippen molar-refractivity contribution in [2.75, 3.05) is 0 Å². The summed E-state index contributed by atoms with van der Waals surface area (Å²) >= 11 is 0. The van der Waals surface area contributed by atoms with Gasteiger partial charge in [0.1, 0.15) is 6.04 Å². The molecular formula is C11H16N2O4. The number of aliphatic carboxylic acids is 1. The van der Waals surface area contributed by atoms with Gasteiger partial charge in [0.2, 0.25) is 11.8 Å². The van der Waals surface area contributed by atoms with E-state index in [0.29, 0.717) is 12.8 Å². The molecule has 0 aromatic carbocycles. The second-order valence-electron chi connectivity index (χ2n) is 4.05. The van der Waals surface area contributed by atoms with Gasteiger partial charge in [-0.05, 0) is 19.3 Å². The summed E-state index contributed by atoms with van der Waals surface area (Å²) in [4.78, 5) is 33.2. The van der Waals surface area contributed by atoms with Gasteiger partial charge in [-0.3, -0.25) is 9.59 Å². The van der Waals surface area contributed by atoms with Crippen LogP contribution in [0.2, 0.25) is 0 Å². The van der Waals surface area contributed by atoms with Crippen LogP contribution in [0.3, 0.4) is 0 Å². The Balaban J connectivity index is 2.54. The molecule has 6 nitrogen and oxygen atoms in total. The maximum absolute atomic E-state index is 11.7. The van der Waals surface area contributed by atoms with Gasteiger partial charge in [0.05, 0.1) is 6.42 Å². The van der Waals surface area contributed by atoms with Gasteiger partial charge >= 0.3 is 5.97 Å². The molecule has 2 atom stereocenters. The number of carboxylic acids is 1. The molecule has 0 radical (unpaired) electrons. The standard InChI is InChI=1S/C11H16N2O4/c12-9(14)6-8(11(16)17)13-10(15)7-4-2-1-3-5-7/h1-2,7-8H,3-6H2,(H2,12,14)(H,13,15)(H,16,17)/t7?,8-/m0/s1. The first-order chi connectivity index (χ1) is 8.00. The van der Waals surface area contributed by atoms with E-state index in [1.165, 1.54) is 0 Å². The first kappa shape index (κ1) is 13.2. The molecule has 0 saturated heterocycles. The van der Waals surface area contributed by atoms with E-state index in [1.807, 2.05) is 12.2 Å². The zero-order chi connectivity index (χ0) is 12.8. The maximum Gasteiger partial charge on any atom is 0.326 e. The van der Waals surface area contributed by atoms with E-state index in [9.17, 15) is 14.4 Å². The zero-order valence-electron chi connectivity index (χ0n) is 9.39. The number of carbonyl (C=O) groups excluding carboxylic acids is 2. The van der Waals surface area contributed by atoms with E-state index in [1.54, 1.807) is 0 Å².